The molecule has 0 aliphatic carbocycles. The lowest BCUT2D eigenvalue weighted by atomic mass is 10.0. The van der Waals surface area contributed by atoms with Gasteiger partial charge in [0.1, 0.15) is 11.2 Å². The monoisotopic (exact) mass is 439 g/mol. The molecule has 3 heterocycles. The summed E-state index contributed by atoms with van der Waals surface area (Å²) in [6.45, 7) is 3.04. The van der Waals surface area contributed by atoms with E-state index in [1.807, 2.05) is 18.2 Å². The van der Waals surface area contributed by atoms with Gasteiger partial charge in [-0.3, -0.25) is 4.79 Å². The Hall–Kier alpha value is -3.41. The van der Waals surface area contributed by atoms with Crippen LogP contribution >= 0.6 is 11.3 Å². The van der Waals surface area contributed by atoms with Crippen LogP contribution in [0.3, 0.4) is 0 Å². The van der Waals surface area contributed by atoms with E-state index < -0.39 is 0 Å². The predicted molar refractivity (Wildman–Crippen MR) is 132 cm³/mol. The van der Waals surface area contributed by atoms with E-state index in [9.17, 15) is 4.79 Å². The summed E-state index contributed by atoms with van der Waals surface area (Å²) in [6, 6.07) is 26.3. The molecule has 0 amide bonds. The summed E-state index contributed by atoms with van der Waals surface area (Å²) in [4.78, 5) is 15.6. The first kappa shape index (κ1) is 19.3. The van der Waals surface area contributed by atoms with E-state index in [-0.39, 0.29) is 5.43 Å². The Labute approximate surface area is 189 Å². The van der Waals surface area contributed by atoms with Gasteiger partial charge >= 0.3 is 0 Å². The van der Waals surface area contributed by atoms with Gasteiger partial charge in [-0.05, 0) is 17.2 Å². The van der Waals surface area contributed by atoms with Crippen molar-refractivity contribution >= 4 is 38.3 Å². The van der Waals surface area contributed by atoms with Crippen molar-refractivity contribution in [3.8, 4) is 21.6 Å². The fourth-order valence-corrected chi connectivity index (χ4v) is 5.48. The second-order valence-corrected chi connectivity index (χ2v) is 9.02. The third-order valence-corrected chi connectivity index (χ3v) is 7.12. The van der Waals surface area contributed by atoms with Gasteiger partial charge in [0.05, 0.1) is 18.2 Å². The number of fused-ring (bicyclic) bond motifs is 3. The van der Waals surface area contributed by atoms with E-state index in [4.69, 9.17) is 9.15 Å². The molecule has 1 fully saturated rings. The molecule has 0 atom stereocenters. The topological polar surface area (TPSA) is 42.7 Å². The molecule has 0 radical (unpaired) electrons. The minimum atomic E-state index is 0.0383. The Morgan fingerprint density at radius 1 is 0.781 bits per heavy atom. The number of nitrogens with zero attached hydrogens (tertiary/aromatic N) is 1. The van der Waals surface area contributed by atoms with Crippen LogP contribution in [0.15, 0.2) is 88.1 Å². The standard InChI is InChI=1S/C27H21NO3S/c29-20-16-25(32-26(17-20)28-12-14-30-15-13-28)19-10-8-18(9-11-19)21-5-3-6-23-22-4-1-2-7-24(22)31-27(21)23/h1-11,16-17H,12-15H2. The first-order valence-electron chi connectivity index (χ1n) is 10.8. The molecule has 0 spiro atoms. The van der Waals surface area contributed by atoms with Gasteiger partial charge in [0, 0.05) is 46.4 Å². The molecule has 5 aromatic rings. The van der Waals surface area contributed by atoms with E-state index in [1.165, 1.54) is 0 Å². The van der Waals surface area contributed by atoms with Crippen LogP contribution in [0.1, 0.15) is 0 Å². The highest BCUT2D eigenvalue weighted by molar-refractivity contribution is 7.19. The number of ether oxygens (including phenoxy) is 1. The zero-order chi connectivity index (χ0) is 21.5. The largest absolute Gasteiger partial charge is 0.455 e. The number of morpholine rings is 1. The fraction of sp³-hybridized carbons (Fsp3) is 0.148. The van der Waals surface area contributed by atoms with E-state index in [2.05, 4.69) is 53.4 Å². The Balaban J connectivity index is 1.38. The van der Waals surface area contributed by atoms with Gasteiger partial charge in [0.2, 0.25) is 0 Å². The van der Waals surface area contributed by atoms with Crippen molar-refractivity contribution in [3.63, 3.8) is 0 Å². The van der Waals surface area contributed by atoms with Gasteiger partial charge in [-0.2, -0.15) is 0 Å². The summed E-state index contributed by atoms with van der Waals surface area (Å²) >= 11 is 1.66. The highest BCUT2D eigenvalue weighted by atomic mass is 32.1. The van der Waals surface area contributed by atoms with Crippen molar-refractivity contribution in [2.75, 3.05) is 31.2 Å². The lowest BCUT2D eigenvalue weighted by molar-refractivity contribution is 0.123. The van der Waals surface area contributed by atoms with Gasteiger partial charge in [0.15, 0.2) is 5.43 Å². The molecule has 1 aliphatic rings. The maximum absolute atomic E-state index is 12.4. The molecular formula is C27H21NO3S. The Kier molecular flexibility index (Phi) is 4.78. The highest BCUT2D eigenvalue weighted by Gasteiger charge is 2.15. The van der Waals surface area contributed by atoms with Crippen LogP contribution in [0.25, 0.3) is 43.5 Å². The minimum absolute atomic E-state index is 0.0383. The van der Waals surface area contributed by atoms with Gasteiger partial charge in [0.25, 0.3) is 0 Å². The molecule has 0 saturated carbocycles. The van der Waals surface area contributed by atoms with Crippen molar-refractivity contribution in [1.29, 1.82) is 0 Å². The summed E-state index contributed by atoms with van der Waals surface area (Å²) < 4.78 is 11.6. The average molecular weight is 440 g/mol. The van der Waals surface area contributed by atoms with Crippen LogP contribution in [0.2, 0.25) is 0 Å². The van der Waals surface area contributed by atoms with Crippen molar-refractivity contribution < 1.29 is 9.15 Å². The molecule has 1 aliphatic heterocycles. The van der Waals surface area contributed by atoms with Gasteiger partial charge in [-0.25, -0.2) is 0 Å². The number of benzene rings is 3. The Morgan fingerprint density at radius 2 is 1.53 bits per heavy atom. The molecule has 4 nitrogen and oxygen atoms in total. The predicted octanol–water partition coefficient (Wildman–Crippen LogP) is 6.18. The number of para-hydroxylation sites is 2. The first-order valence-corrected chi connectivity index (χ1v) is 11.6. The normalized spacial score (nSPS) is 14.3. The molecular weight excluding hydrogens is 418 g/mol. The summed E-state index contributed by atoms with van der Waals surface area (Å²) in [5, 5.41) is 3.26. The quantitative estimate of drug-likeness (QED) is 0.337. The Bertz CT molecular complexity index is 1480. The van der Waals surface area contributed by atoms with Crippen molar-refractivity contribution in [1.82, 2.24) is 0 Å². The van der Waals surface area contributed by atoms with E-state index in [1.54, 1.807) is 23.5 Å². The van der Waals surface area contributed by atoms with E-state index >= 15 is 0 Å². The molecule has 2 aromatic heterocycles. The Morgan fingerprint density at radius 3 is 2.38 bits per heavy atom. The zero-order valence-electron chi connectivity index (χ0n) is 17.4. The first-order chi connectivity index (χ1) is 15.8. The molecule has 1 saturated heterocycles. The van der Waals surface area contributed by atoms with Crippen LogP contribution in [0.4, 0.5) is 5.00 Å². The molecule has 0 N–H and O–H groups in total. The maximum Gasteiger partial charge on any atom is 0.182 e. The number of furan rings is 1. The van der Waals surface area contributed by atoms with E-state index in [0.717, 1.165) is 61.6 Å². The highest BCUT2D eigenvalue weighted by Crippen LogP contribution is 2.37. The summed E-state index contributed by atoms with van der Waals surface area (Å²) in [5.74, 6) is 0. The van der Waals surface area contributed by atoms with Gasteiger partial charge in [-0.1, -0.05) is 60.7 Å². The van der Waals surface area contributed by atoms with E-state index in [0.29, 0.717) is 13.2 Å². The average Bonchev–Trinajstić information content (AvgIpc) is 3.23. The summed E-state index contributed by atoms with van der Waals surface area (Å²) in [6.07, 6.45) is 0. The van der Waals surface area contributed by atoms with Gasteiger partial charge in [-0.15, -0.1) is 11.3 Å². The smallest absolute Gasteiger partial charge is 0.182 e. The second kappa shape index (κ2) is 7.93. The van der Waals surface area contributed by atoms with Crippen molar-refractivity contribution in [2.24, 2.45) is 0 Å². The lowest BCUT2D eigenvalue weighted by Gasteiger charge is -2.28. The van der Waals surface area contributed by atoms with Gasteiger partial charge < -0.3 is 14.1 Å². The van der Waals surface area contributed by atoms with Crippen LogP contribution in [-0.4, -0.2) is 26.3 Å². The number of hydrogen-bond donors (Lipinski definition) is 0. The maximum atomic E-state index is 12.4. The second-order valence-electron chi connectivity index (χ2n) is 7.95. The van der Waals surface area contributed by atoms with Crippen LogP contribution in [0, 0.1) is 0 Å². The number of hydrogen-bond acceptors (Lipinski definition) is 5. The fourth-order valence-electron chi connectivity index (χ4n) is 4.33. The molecule has 0 unspecified atom stereocenters. The van der Waals surface area contributed by atoms with Crippen LogP contribution in [-0.2, 0) is 4.74 Å². The lowest BCUT2D eigenvalue weighted by Crippen LogP contribution is -2.36. The third kappa shape index (κ3) is 3.40. The molecule has 158 valence electrons. The molecule has 32 heavy (non-hydrogen) atoms. The number of rotatable bonds is 3. The summed E-state index contributed by atoms with van der Waals surface area (Å²) in [5.41, 5.74) is 5.05. The SMILES string of the molecule is O=c1cc(-c2ccc(-c3cccc4c3oc3ccccc34)cc2)sc(N2CCOCC2)c1. The molecule has 3 aromatic carbocycles. The van der Waals surface area contributed by atoms with Crippen LogP contribution < -0.4 is 10.3 Å². The van der Waals surface area contributed by atoms with Crippen molar-refractivity contribution in [2.45, 2.75) is 0 Å². The minimum Gasteiger partial charge on any atom is -0.455 e. The molecule has 0 bridgehead atoms. The van der Waals surface area contributed by atoms with Crippen molar-refractivity contribution in [3.05, 3.63) is 89.1 Å². The number of anilines is 1. The molecule has 5 heteroatoms. The zero-order valence-corrected chi connectivity index (χ0v) is 18.2. The molecule has 6 rings (SSSR count). The third-order valence-electron chi connectivity index (χ3n) is 5.96. The van der Waals surface area contributed by atoms with Crippen LogP contribution in [0.5, 0.6) is 0 Å². The summed E-state index contributed by atoms with van der Waals surface area (Å²) in [7, 11) is 0.